The molecule has 16 heavy (non-hydrogen) atoms. The molecule has 0 bridgehead atoms. The Labute approximate surface area is 98.2 Å². The second-order valence-corrected chi connectivity index (χ2v) is 5.36. The Morgan fingerprint density at radius 2 is 2.19 bits per heavy atom. The number of nitrogens with zero attached hydrogens (tertiary/aromatic N) is 2. The van der Waals surface area contributed by atoms with Gasteiger partial charge in [-0.05, 0) is 40.4 Å². The van der Waals surface area contributed by atoms with Gasteiger partial charge in [-0.15, -0.1) is 0 Å². The molecule has 1 fully saturated rings. The van der Waals surface area contributed by atoms with Crippen LogP contribution in [0.1, 0.15) is 26.7 Å². The first kappa shape index (κ1) is 13.5. The summed E-state index contributed by atoms with van der Waals surface area (Å²) in [7, 11) is 4.18. The van der Waals surface area contributed by atoms with Crippen LogP contribution < -0.4 is 0 Å². The summed E-state index contributed by atoms with van der Waals surface area (Å²) < 4.78 is 0. The minimum atomic E-state index is -0.677. The molecule has 0 aliphatic carbocycles. The Balaban J connectivity index is 2.53. The molecular formula is C12H24N2O2. The summed E-state index contributed by atoms with van der Waals surface area (Å²) >= 11 is 0. The maximum Gasteiger partial charge on any atom is 0.310 e. The van der Waals surface area contributed by atoms with Crippen molar-refractivity contribution >= 4 is 5.97 Å². The first-order chi connectivity index (χ1) is 7.39. The SMILES string of the molecule is CCC(C)(CN1CCC(N(C)C)C1)C(=O)O. The zero-order valence-electron chi connectivity index (χ0n) is 10.9. The molecule has 1 saturated heterocycles. The molecule has 94 valence electrons. The van der Waals surface area contributed by atoms with E-state index in [4.69, 9.17) is 0 Å². The van der Waals surface area contributed by atoms with Crippen molar-refractivity contribution < 1.29 is 9.90 Å². The molecule has 0 radical (unpaired) electrons. The predicted octanol–water partition coefficient (Wildman–Crippen LogP) is 1.12. The van der Waals surface area contributed by atoms with Crippen molar-refractivity contribution in [1.29, 1.82) is 0 Å². The van der Waals surface area contributed by atoms with Gasteiger partial charge < -0.3 is 14.9 Å². The lowest BCUT2D eigenvalue weighted by atomic mass is 9.87. The number of likely N-dealkylation sites (N-methyl/N-ethyl adjacent to an activating group) is 1. The van der Waals surface area contributed by atoms with Gasteiger partial charge in [0, 0.05) is 19.1 Å². The van der Waals surface area contributed by atoms with E-state index in [-0.39, 0.29) is 0 Å². The van der Waals surface area contributed by atoms with Crippen molar-refractivity contribution in [3.05, 3.63) is 0 Å². The van der Waals surface area contributed by atoms with Crippen LogP contribution >= 0.6 is 0 Å². The highest BCUT2D eigenvalue weighted by Crippen LogP contribution is 2.25. The van der Waals surface area contributed by atoms with Gasteiger partial charge in [-0.2, -0.15) is 0 Å². The molecule has 0 amide bonds. The number of hydrogen-bond acceptors (Lipinski definition) is 3. The van der Waals surface area contributed by atoms with Gasteiger partial charge in [0.1, 0.15) is 0 Å². The highest BCUT2D eigenvalue weighted by molar-refractivity contribution is 5.74. The van der Waals surface area contributed by atoms with Crippen molar-refractivity contribution in [2.45, 2.75) is 32.7 Å². The number of carboxylic acid groups (broad SMARTS) is 1. The lowest BCUT2D eigenvalue weighted by Gasteiger charge is -2.29. The number of likely N-dealkylation sites (tertiary alicyclic amines) is 1. The molecule has 1 rings (SSSR count). The fourth-order valence-electron chi connectivity index (χ4n) is 2.20. The van der Waals surface area contributed by atoms with Gasteiger partial charge in [0.05, 0.1) is 5.41 Å². The van der Waals surface area contributed by atoms with Gasteiger partial charge in [-0.3, -0.25) is 4.79 Å². The summed E-state index contributed by atoms with van der Waals surface area (Å²) in [6.45, 7) is 6.48. The number of rotatable bonds is 5. The molecule has 1 aliphatic rings. The normalized spacial score (nSPS) is 25.9. The second-order valence-electron chi connectivity index (χ2n) is 5.36. The Hall–Kier alpha value is -0.610. The van der Waals surface area contributed by atoms with Crippen molar-refractivity contribution in [2.75, 3.05) is 33.7 Å². The average Bonchev–Trinajstić information content (AvgIpc) is 2.65. The monoisotopic (exact) mass is 228 g/mol. The highest BCUT2D eigenvalue weighted by atomic mass is 16.4. The Morgan fingerprint density at radius 1 is 1.56 bits per heavy atom. The van der Waals surface area contributed by atoms with Crippen LogP contribution in [0.5, 0.6) is 0 Å². The van der Waals surface area contributed by atoms with Gasteiger partial charge in [0.25, 0.3) is 0 Å². The minimum Gasteiger partial charge on any atom is -0.481 e. The molecule has 1 aliphatic heterocycles. The van der Waals surface area contributed by atoms with Gasteiger partial charge in [0.2, 0.25) is 0 Å². The zero-order valence-corrected chi connectivity index (χ0v) is 10.9. The van der Waals surface area contributed by atoms with Crippen LogP contribution in [0.15, 0.2) is 0 Å². The predicted molar refractivity (Wildman–Crippen MR) is 64.6 cm³/mol. The first-order valence-corrected chi connectivity index (χ1v) is 6.01. The molecule has 2 atom stereocenters. The molecule has 0 aromatic carbocycles. The Kier molecular flexibility index (Phi) is 4.33. The van der Waals surface area contributed by atoms with Crippen molar-refractivity contribution in [3.63, 3.8) is 0 Å². The van der Waals surface area contributed by atoms with Crippen LogP contribution in [-0.4, -0.2) is 60.6 Å². The molecule has 4 heteroatoms. The molecule has 2 unspecified atom stereocenters. The van der Waals surface area contributed by atoms with Crippen LogP contribution in [0.3, 0.4) is 0 Å². The van der Waals surface area contributed by atoms with Crippen LogP contribution in [0.25, 0.3) is 0 Å². The molecule has 0 saturated carbocycles. The Morgan fingerprint density at radius 3 is 2.56 bits per heavy atom. The van der Waals surface area contributed by atoms with Crippen LogP contribution in [0.2, 0.25) is 0 Å². The standard InChI is InChI=1S/C12H24N2O2/c1-5-12(2,11(15)16)9-14-7-6-10(8-14)13(3)4/h10H,5-9H2,1-4H3,(H,15,16). The third-order valence-corrected chi connectivity index (χ3v) is 3.85. The molecule has 4 nitrogen and oxygen atoms in total. The number of carbonyl (C=O) groups is 1. The van der Waals surface area contributed by atoms with E-state index in [2.05, 4.69) is 23.9 Å². The topological polar surface area (TPSA) is 43.8 Å². The number of hydrogen-bond donors (Lipinski definition) is 1. The first-order valence-electron chi connectivity index (χ1n) is 6.01. The Bertz CT molecular complexity index is 255. The summed E-state index contributed by atoms with van der Waals surface area (Å²) in [4.78, 5) is 15.7. The molecule has 0 aromatic rings. The fourth-order valence-corrected chi connectivity index (χ4v) is 2.20. The molecule has 1 N–H and O–H groups in total. The summed E-state index contributed by atoms with van der Waals surface area (Å²) in [5.41, 5.74) is -0.596. The van der Waals surface area contributed by atoms with Crippen molar-refractivity contribution in [1.82, 2.24) is 9.80 Å². The van der Waals surface area contributed by atoms with Crippen LogP contribution in [0.4, 0.5) is 0 Å². The molecular weight excluding hydrogens is 204 g/mol. The fraction of sp³-hybridized carbons (Fsp3) is 0.917. The van der Waals surface area contributed by atoms with E-state index in [1.165, 1.54) is 0 Å². The van der Waals surface area contributed by atoms with Crippen molar-refractivity contribution in [2.24, 2.45) is 5.41 Å². The van der Waals surface area contributed by atoms with Gasteiger partial charge in [-0.1, -0.05) is 6.92 Å². The molecule has 0 spiro atoms. The van der Waals surface area contributed by atoms with Gasteiger partial charge in [-0.25, -0.2) is 0 Å². The summed E-state index contributed by atoms with van der Waals surface area (Å²) in [6, 6.07) is 0.579. The lowest BCUT2D eigenvalue weighted by molar-refractivity contribution is -0.149. The zero-order chi connectivity index (χ0) is 12.3. The van der Waals surface area contributed by atoms with E-state index >= 15 is 0 Å². The largest absolute Gasteiger partial charge is 0.481 e. The maximum atomic E-state index is 11.2. The third-order valence-electron chi connectivity index (χ3n) is 3.85. The molecule has 1 heterocycles. The van der Waals surface area contributed by atoms with E-state index in [9.17, 15) is 9.90 Å². The van der Waals surface area contributed by atoms with E-state index in [1.54, 1.807) is 0 Å². The van der Waals surface area contributed by atoms with Gasteiger partial charge >= 0.3 is 5.97 Å². The summed E-state index contributed by atoms with van der Waals surface area (Å²) in [5, 5.41) is 9.23. The smallest absolute Gasteiger partial charge is 0.310 e. The summed E-state index contributed by atoms with van der Waals surface area (Å²) in [5.74, 6) is -0.677. The molecule has 0 aromatic heterocycles. The maximum absolute atomic E-state index is 11.2. The highest BCUT2D eigenvalue weighted by Gasteiger charge is 2.35. The van der Waals surface area contributed by atoms with Crippen molar-refractivity contribution in [3.8, 4) is 0 Å². The number of aliphatic carboxylic acids is 1. The summed E-state index contributed by atoms with van der Waals surface area (Å²) in [6.07, 6.45) is 1.83. The minimum absolute atomic E-state index is 0.579. The second kappa shape index (κ2) is 5.15. The van der Waals surface area contributed by atoms with Crippen LogP contribution in [0, 0.1) is 5.41 Å². The van der Waals surface area contributed by atoms with E-state index < -0.39 is 11.4 Å². The quantitative estimate of drug-likeness (QED) is 0.766. The van der Waals surface area contributed by atoms with Crippen LogP contribution in [-0.2, 0) is 4.79 Å². The van der Waals surface area contributed by atoms with E-state index in [0.29, 0.717) is 19.0 Å². The number of carboxylic acids is 1. The van der Waals surface area contributed by atoms with E-state index in [1.807, 2.05) is 13.8 Å². The average molecular weight is 228 g/mol. The third kappa shape index (κ3) is 2.95. The lowest BCUT2D eigenvalue weighted by Crippen LogP contribution is -2.41. The van der Waals surface area contributed by atoms with Gasteiger partial charge in [0.15, 0.2) is 0 Å². The van der Waals surface area contributed by atoms with E-state index in [0.717, 1.165) is 19.5 Å².